The summed E-state index contributed by atoms with van der Waals surface area (Å²) in [5.74, 6) is 1.34. The van der Waals surface area contributed by atoms with E-state index in [0.717, 1.165) is 18.1 Å². The summed E-state index contributed by atoms with van der Waals surface area (Å²) in [6, 6.07) is 5.87. The summed E-state index contributed by atoms with van der Waals surface area (Å²) in [5, 5.41) is 8.98. The van der Waals surface area contributed by atoms with Crippen molar-refractivity contribution in [2.24, 2.45) is 5.92 Å². The van der Waals surface area contributed by atoms with Gasteiger partial charge in [0.1, 0.15) is 11.9 Å². The van der Waals surface area contributed by atoms with Crippen molar-refractivity contribution in [2.45, 2.75) is 20.8 Å². The highest BCUT2D eigenvalue weighted by Crippen LogP contribution is 2.17. The number of aryl methyl sites for hydroxylation is 1. The minimum Gasteiger partial charge on any atom is -0.358 e. The number of pyridine rings is 1. The third-order valence-electron chi connectivity index (χ3n) is 2.14. The fraction of sp³-hybridized carbons (Fsp3) is 0.500. The van der Waals surface area contributed by atoms with Gasteiger partial charge in [0.2, 0.25) is 0 Å². The van der Waals surface area contributed by atoms with Gasteiger partial charge in [-0.1, -0.05) is 13.8 Å². The molecule has 0 atom stereocenters. The minimum absolute atomic E-state index is 0.559. The highest BCUT2D eigenvalue weighted by molar-refractivity contribution is 5.53. The molecule has 0 unspecified atom stereocenters. The van der Waals surface area contributed by atoms with Gasteiger partial charge in [-0.25, -0.2) is 4.98 Å². The maximum atomic E-state index is 8.98. The van der Waals surface area contributed by atoms with E-state index >= 15 is 0 Å². The molecule has 3 nitrogen and oxygen atoms in total. The third kappa shape index (κ3) is 2.95. The van der Waals surface area contributed by atoms with E-state index in [1.54, 1.807) is 0 Å². The molecule has 0 amide bonds. The molecule has 0 saturated carbocycles. The van der Waals surface area contributed by atoms with E-state index in [2.05, 4.69) is 24.9 Å². The van der Waals surface area contributed by atoms with Crippen molar-refractivity contribution in [3.05, 3.63) is 23.4 Å². The largest absolute Gasteiger partial charge is 0.358 e. The van der Waals surface area contributed by atoms with Crippen LogP contribution in [0.15, 0.2) is 12.1 Å². The number of nitrogens with zero attached hydrogens (tertiary/aromatic N) is 3. The fourth-order valence-corrected chi connectivity index (χ4v) is 1.56. The van der Waals surface area contributed by atoms with Gasteiger partial charge in [-0.15, -0.1) is 0 Å². The molecule has 1 aromatic heterocycles. The zero-order chi connectivity index (χ0) is 11.4. The Morgan fingerprint density at radius 2 is 2.13 bits per heavy atom. The van der Waals surface area contributed by atoms with E-state index in [-0.39, 0.29) is 0 Å². The first kappa shape index (κ1) is 11.5. The van der Waals surface area contributed by atoms with Crippen molar-refractivity contribution >= 4 is 5.82 Å². The topological polar surface area (TPSA) is 39.9 Å². The van der Waals surface area contributed by atoms with E-state index in [0.29, 0.717) is 11.5 Å². The molecule has 1 aromatic rings. The Hall–Kier alpha value is -1.56. The number of aromatic nitrogens is 1. The Morgan fingerprint density at radius 1 is 1.47 bits per heavy atom. The summed E-state index contributed by atoms with van der Waals surface area (Å²) in [4.78, 5) is 6.44. The van der Waals surface area contributed by atoms with E-state index in [4.69, 9.17) is 5.26 Å². The number of hydrogen-bond acceptors (Lipinski definition) is 3. The monoisotopic (exact) mass is 203 g/mol. The van der Waals surface area contributed by atoms with E-state index in [1.165, 1.54) is 0 Å². The van der Waals surface area contributed by atoms with Gasteiger partial charge < -0.3 is 4.90 Å². The van der Waals surface area contributed by atoms with Crippen LogP contribution in [0.1, 0.15) is 25.1 Å². The Labute approximate surface area is 91.4 Å². The van der Waals surface area contributed by atoms with Crippen LogP contribution in [0, 0.1) is 24.2 Å². The molecule has 0 aliphatic heterocycles. The molecular weight excluding hydrogens is 186 g/mol. The van der Waals surface area contributed by atoms with E-state index < -0.39 is 0 Å². The highest BCUT2D eigenvalue weighted by atomic mass is 15.2. The molecular formula is C12H17N3. The molecule has 1 heterocycles. The molecule has 15 heavy (non-hydrogen) atoms. The predicted molar refractivity (Wildman–Crippen MR) is 61.8 cm³/mol. The summed E-state index contributed by atoms with van der Waals surface area (Å²) in [7, 11) is 1.97. The molecule has 0 aliphatic rings. The van der Waals surface area contributed by atoms with Gasteiger partial charge in [-0.3, -0.25) is 0 Å². The maximum absolute atomic E-state index is 8.98. The number of anilines is 1. The van der Waals surface area contributed by atoms with E-state index in [1.807, 2.05) is 31.0 Å². The van der Waals surface area contributed by atoms with Crippen molar-refractivity contribution < 1.29 is 0 Å². The maximum Gasteiger partial charge on any atom is 0.146 e. The SMILES string of the molecule is Cc1ccc(C#N)c(N(C)CC(C)C)n1. The zero-order valence-corrected chi connectivity index (χ0v) is 9.78. The standard InChI is InChI=1S/C12H17N3/c1-9(2)8-15(4)12-11(7-13)6-5-10(3)14-12/h5-6,9H,8H2,1-4H3. The Bertz CT molecular complexity index is 377. The normalized spacial score (nSPS) is 10.1. The smallest absolute Gasteiger partial charge is 0.146 e. The fourth-order valence-electron chi connectivity index (χ4n) is 1.56. The molecule has 0 aliphatic carbocycles. The number of nitriles is 1. The van der Waals surface area contributed by atoms with Crippen LogP contribution in [0.3, 0.4) is 0 Å². The summed E-state index contributed by atoms with van der Waals surface area (Å²) < 4.78 is 0. The van der Waals surface area contributed by atoms with Gasteiger partial charge in [0.25, 0.3) is 0 Å². The molecule has 0 radical (unpaired) electrons. The Balaban J connectivity index is 3.01. The molecule has 0 spiro atoms. The van der Waals surface area contributed by atoms with Crippen molar-refractivity contribution in [1.29, 1.82) is 5.26 Å². The van der Waals surface area contributed by atoms with Gasteiger partial charge in [-0.05, 0) is 25.0 Å². The van der Waals surface area contributed by atoms with Crippen LogP contribution in [0.25, 0.3) is 0 Å². The molecule has 0 fully saturated rings. The summed E-state index contributed by atoms with van der Waals surface area (Å²) >= 11 is 0. The Kier molecular flexibility index (Phi) is 3.68. The lowest BCUT2D eigenvalue weighted by Gasteiger charge is -2.21. The first-order chi connectivity index (χ1) is 7.04. The molecule has 3 heteroatoms. The van der Waals surface area contributed by atoms with Gasteiger partial charge >= 0.3 is 0 Å². The lowest BCUT2D eigenvalue weighted by molar-refractivity contribution is 0.634. The van der Waals surface area contributed by atoms with Gasteiger partial charge in [0, 0.05) is 19.3 Å². The van der Waals surface area contributed by atoms with Gasteiger partial charge in [-0.2, -0.15) is 5.26 Å². The number of hydrogen-bond donors (Lipinski definition) is 0. The first-order valence-electron chi connectivity index (χ1n) is 5.13. The average molecular weight is 203 g/mol. The van der Waals surface area contributed by atoms with Crippen LogP contribution in [0.4, 0.5) is 5.82 Å². The van der Waals surface area contributed by atoms with Crippen molar-refractivity contribution in [1.82, 2.24) is 4.98 Å². The molecule has 0 aromatic carbocycles. The van der Waals surface area contributed by atoms with Gasteiger partial charge in [0.05, 0.1) is 5.56 Å². The minimum atomic E-state index is 0.559. The average Bonchev–Trinajstić information content (AvgIpc) is 2.16. The second-order valence-electron chi connectivity index (χ2n) is 4.21. The molecule has 0 N–H and O–H groups in total. The van der Waals surface area contributed by atoms with Crippen molar-refractivity contribution in [2.75, 3.05) is 18.5 Å². The summed E-state index contributed by atoms with van der Waals surface area (Å²) in [6.07, 6.45) is 0. The van der Waals surface area contributed by atoms with Crippen LogP contribution < -0.4 is 4.90 Å². The highest BCUT2D eigenvalue weighted by Gasteiger charge is 2.10. The van der Waals surface area contributed by atoms with E-state index in [9.17, 15) is 0 Å². The zero-order valence-electron chi connectivity index (χ0n) is 9.78. The quantitative estimate of drug-likeness (QED) is 0.757. The van der Waals surface area contributed by atoms with Crippen molar-refractivity contribution in [3.63, 3.8) is 0 Å². The molecule has 0 saturated heterocycles. The lowest BCUT2D eigenvalue weighted by atomic mass is 10.2. The summed E-state index contributed by atoms with van der Waals surface area (Å²) in [5.41, 5.74) is 1.59. The third-order valence-corrected chi connectivity index (χ3v) is 2.14. The van der Waals surface area contributed by atoms with Gasteiger partial charge in [0.15, 0.2) is 0 Å². The van der Waals surface area contributed by atoms with Crippen LogP contribution >= 0.6 is 0 Å². The second-order valence-corrected chi connectivity index (χ2v) is 4.21. The lowest BCUT2D eigenvalue weighted by Crippen LogP contribution is -2.24. The molecule has 0 bridgehead atoms. The van der Waals surface area contributed by atoms with Crippen LogP contribution in [0.5, 0.6) is 0 Å². The van der Waals surface area contributed by atoms with Crippen molar-refractivity contribution in [3.8, 4) is 6.07 Å². The predicted octanol–water partition coefficient (Wildman–Crippen LogP) is 2.35. The van der Waals surface area contributed by atoms with Crippen LogP contribution in [0.2, 0.25) is 0 Å². The van der Waals surface area contributed by atoms with Crippen LogP contribution in [-0.2, 0) is 0 Å². The molecule has 1 rings (SSSR count). The first-order valence-corrected chi connectivity index (χ1v) is 5.13. The Morgan fingerprint density at radius 3 is 2.67 bits per heavy atom. The number of rotatable bonds is 3. The second kappa shape index (κ2) is 4.79. The summed E-state index contributed by atoms with van der Waals surface area (Å²) in [6.45, 7) is 7.15. The molecule has 80 valence electrons. The van der Waals surface area contributed by atoms with Crippen LogP contribution in [-0.4, -0.2) is 18.6 Å².